The fourth-order valence-corrected chi connectivity index (χ4v) is 4.90. The van der Waals surface area contributed by atoms with Crippen LogP contribution in [-0.4, -0.2) is 53.6 Å². The van der Waals surface area contributed by atoms with Crippen molar-refractivity contribution in [1.29, 1.82) is 0 Å². The minimum absolute atomic E-state index is 0.0765. The number of hydrogen-bond acceptors (Lipinski definition) is 6. The first-order valence-corrected chi connectivity index (χ1v) is 11.4. The summed E-state index contributed by atoms with van der Waals surface area (Å²) in [4.78, 5) is 36.3. The third-order valence-corrected chi connectivity index (χ3v) is 7.20. The molecule has 1 fully saturated rings. The van der Waals surface area contributed by atoms with Crippen LogP contribution in [-0.2, 0) is 11.3 Å². The topological polar surface area (TPSA) is 70.5 Å². The first kappa shape index (κ1) is 21.5. The van der Waals surface area contributed by atoms with E-state index in [0.717, 1.165) is 52.7 Å². The van der Waals surface area contributed by atoms with Crippen LogP contribution >= 0.6 is 11.3 Å². The summed E-state index contributed by atoms with van der Waals surface area (Å²) >= 11 is 1.53. The van der Waals surface area contributed by atoms with Crippen molar-refractivity contribution in [2.24, 2.45) is 0 Å². The molecule has 8 heteroatoms. The van der Waals surface area contributed by atoms with Crippen molar-refractivity contribution in [3.63, 3.8) is 0 Å². The molecule has 4 rings (SSSR count). The van der Waals surface area contributed by atoms with Crippen LogP contribution < -0.4 is 15.8 Å². The minimum Gasteiger partial charge on any atom is -0.369 e. The molecule has 0 bridgehead atoms. The number of anilines is 2. The smallest absolute Gasteiger partial charge is 0.262 e. The van der Waals surface area contributed by atoms with Crippen molar-refractivity contribution < 1.29 is 4.79 Å². The Hall–Kier alpha value is -2.71. The summed E-state index contributed by atoms with van der Waals surface area (Å²) in [5, 5.41) is 3.66. The van der Waals surface area contributed by atoms with Gasteiger partial charge < -0.3 is 15.1 Å². The maximum atomic E-state index is 12.8. The SMILES string of the molecule is Cc1cc(N2CCN(C)CC2)ccc1NC(=O)CCn1cnc2sc(C)c(C)c2c1=O. The lowest BCUT2D eigenvalue weighted by Gasteiger charge is -2.34. The number of aromatic nitrogens is 2. The molecule has 7 nitrogen and oxygen atoms in total. The van der Waals surface area contributed by atoms with Crippen molar-refractivity contribution in [2.75, 3.05) is 43.4 Å². The number of nitrogens with zero attached hydrogens (tertiary/aromatic N) is 4. The van der Waals surface area contributed by atoms with Gasteiger partial charge >= 0.3 is 0 Å². The highest BCUT2D eigenvalue weighted by molar-refractivity contribution is 7.18. The highest BCUT2D eigenvalue weighted by atomic mass is 32.1. The van der Waals surface area contributed by atoms with E-state index in [1.807, 2.05) is 26.8 Å². The molecule has 0 spiro atoms. The molecule has 0 saturated carbocycles. The largest absolute Gasteiger partial charge is 0.369 e. The van der Waals surface area contributed by atoms with Crippen LogP contribution in [0.5, 0.6) is 0 Å². The number of piperazine rings is 1. The van der Waals surface area contributed by atoms with Gasteiger partial charge in [0.2, 0.25) is 5.91 Å². The molecule has 1 N–H and O–H groups in total. The molecule has 1 aromatic carbocycles. The van der Waals surface area contributed by atoms with Gasteiger partial charge in [-0.05, 0) is 57.1 Å². The van der Waals surface area contributed by atoms with Crippen molar-refractivity contribution in [3.05, 3.63) is 50.9 Å². The first-order chi connectivity index (χ1) is 14.8. The summed E-state index contributed by atoms with van der Waals surface area (Å²) in [6.45, 7) is 10.4. The van der Waals surface area contributed by atoms with Gasteiger partial charge in [-0.25, -0.2) is 4.98 Å². The second kappa shape index (κ2) is 8.80. The molecule has 3 aromatic rings. The zero-order chi connectivity index (χ0) is 22.1. The van der Waals surface area contributed by atoms with Gasteiger partial charge in [0, 0.05) is 55.4 Å². The molecule has 0 radical (unpaired) electrons. The van der Waals surface area contributed by atoms with E-state index in [-0.39, 0.29) is 17.9 Å². The van der Waals surface area contributed by atoms with E-state index in [1.165, 1.54) is 21.6 Å². The van der Waals surface area contributed by atoms with E-state index < -0.39 is 0 Å². The Balaban J connectivity index is 1.40. The molecular formula is C23H29N5O2S. The molecule has 31 heavy (non-hydrogen) atoms. The molecule has 3 heterocycles. The highest BCUT2D eigenvalue weighted by Gasteiger charge is 2.16. The number of nitrogens with one attached hydrogen (secondary N) is 1. The van der Waals surface area contributed by atoms with Gasteiger partial charge in [0.05, 0.1) is 11.7 Å². The maximum absolute atomic E-state index is 12.8. The van der Waals surface area contributed by atoms with Gasteiger partial charge in [-0.1, -0.05) is 0 Å². The Morgan fingerprint density at radius 2 is 1.90 bits per heavy atom. The van der Waals surface area contributed by atoms with Crippen LogP contribution in [0.1, 0.15) is 22.4 Å². The van der Waals surface area contributed by atoms with E-state index in [1.54, 1.807) is 6.33 Å². The number of carbonyl (C=O) groups excluding carboxylic acids is 1. The van der Waals surface area contributed by atoms with Crippen LogP contribution in [0.15, 0.2) is 29.3 Å². The normalized spacial score (nSPS) is 14.9. The summed E-state index contributed by atoms with van der Waals surface area (Å²) in [7, 11) is 2.14. The number of amides is 1. The molecule has 2 aromatic heterocycles. The summed E-state index contributed by atoms with van der Waals surface area (Å²) in [5.74, 6) is -0.110. The number of rotatable bonds is 5. The fraction of sp³-hybridized carbons (Fsp3) is 0.435. The predicted molar refractivity (Wildman–Crippen MR) is 127 cm³/mol. The van der Waals surface area contributed by atoms with Gasteiger partial charge in [0.25, 0.3) is 5.56 Å². The second-order valence-corrected chi connectivity index (χ2v) is 9.50. The molecule has 1 saturated heterocycles. The van der Waals surface area contributed by atoms with Gasteiger partial charge in [-0.15, -0.1) is 11.3 Å². The van der Waals surface area contributed by atoms with Crippen molar-refractivity contribution in [1.82, 2.24) is 14.5 Å². The maximum Gasteiger partial charge on any atom is 0.262 e. The first-order valence-electron chi connectivity index (χ1n) is 10.6. The molecule has 1 amide bonds. The third-order valence-electron chi connectivity index (χ3n) is 6.09. The van der Waals surface area contributed by atoms with Crippen LogP contribution in [0.3, 0.4) is 0 Å². The monoisotopic (exact) mass is 439 g/mol. The van der Waals surface area contributed by atoms with Crippen LogP contribution in [0.4, 0.5) is 11.4 Å². The molecule has 0 atom stereocenters. The standard InChI is InChI=1S/C23H29N5O2S/c1-15-13-18(27-11-9-26(4)10-12-27)5-6-19(15)25-20(29)7-8-28-14-24-22-21(23(28)30)16(2)17(3)31-22/h5-6,13-14H,7-12H2,1-4H3,(H,25,29). The van der Waals surface area contributed by atoms with Gasteiger partial charge in [-0.3, -0.25) is 14.2 Å². The van der Waals surface area contributed by atoms with Crippen LogP contribution in [0.25, 0.3) is 10.2 Å². The summed E-state index contributed by atoms with van der Waals surface area (Å²) in [6.07, 6.45) is 1.76. The van der Waals surface area contributed by atoms with E-state index >= 15 is 0 Å². The third kappa shape index (κ3) is 4.50. The summed E-state index contributed by atoms with van der Waals surface area (Å²) in [6, 6.07) is 6.17. The summed E-state index contributed by atoms with van der Waals surface area (Å²) in [5.41, 5.74) is 3.94. The molecule has 1 aliphatic heterocycles. The minimum atomic E-state index is -0.110. The lowest BCUT2D eigenvalue weighted by molar-refractivity contribution is -0.116. The lowest BCUT2D eigenvalue weighted by Crippen LogP contribution is -2.44. The Morgan fingerprint density at radius 3 is 2.61 bits per heavy atom. The number of carbonyl (C=O) groups is 1. The number of hydrogen-bond donors (Lipinski definition) is 1. The number of fused-ring (bicyclic) bond motifs is 1. The Kier molecular flexibility index (Phi) is 6.11. The zero-order valence-electron chi connectivity index (χ0n) is 18.6. The van der Waals surface area contributed by atoms with E-state index in [4.69, 9.17) is 0 Å². The van der Waals surface area contributed by atoms with E-state index in [0.29, 0.717) is 11.9 Å². The Labute approximate surface area is 186 Å². The number of benzene rings is 1. The number of likely N-dealkylation sites (N-methyl/N-ethyl adjacent to an activating group) is 1. The van der Waals surface area contributed by atoms with Gasteiger partial charge in [0.1, 0.15) is 4.83 Å². The van der Waals surface area contributed by atoms with Crippen molar-refractivity contribution in [3.8, 4) is 0 Å². The Bertz CT molecular complexity index is 1170. The number of aryl methyl sites for hydroxylation is 4. The highest BCUT2D eigenvalue weighted by Crippen LogP contribution is 2.26. The average Bonchev–Trinajstić information content (AvgIpc) is 3.04. The van der Waals surface area contributed by atoms with E-state index in [9.17, 15) is 9.59 Å². The van der Waals surface area contributed by atoms with Gasteiger partial charge in [-0.2, -0.15) is 0 Å². The Morgan fingerprint density at radius 1 is 1.16 bits per heavy atom. The van der Waals surface area contributed by atoms with Gasteiger partial charge in [0.15, 0.2) is 0 Å². The molecule has 164 valence electrons. The van der Waals surface area contributed by atoms with Crippen molar-refractivity contribution in [2.45, 2.75) is 33.7 Å². The zero-order valence-corrected chi connectivity index (χ0v) is 19.4. The summed E-state index contributed by atoms with van der Waals surface area (Å²) < 4.78 is 1.53. The molecule has 0 aliphatic carbocycles. The van der Waals surface area contributed by atoms with Crippen LogP contribution in [0.2, 0.25) is 0 Å². The predicted octanol–water partition coefficient (Wildman–Crippen LogP) is 3.16. The van der Waals surface area contributed by atoms with Crippen LogP contribution in [0, 0.1) is 20.8 Å². The average molecular weight is 440 g/mol. The molecular weight excluding hydrogens is 410 g/mol. The molecule has 0 unspecified atom stereocenters. The lowest BCUT2D eigenvalue weighted by atomic mass is 10.1. The molecule has 1 aliphatic rings. The number of thiophene rings is 1. The van der Waals surface area contributed by atoms with E-state index in [2.05, 4.69) is 39.3 Å². The fourth-order valence-electron chi connectivity index (χ4n) is 3.91. The second-order valence-electron chi connectivity index (χ2n) is 8.29. The quantitative estimate of drug-likeness (QED) is 0.661. The van der Waals surface area contributed by atoms with Crippen molar-refractivity contribution >= 4 is 38.8 Å².